The summed E-state index contributed by atoms with van der Waals surface area (Å²) in [6.07, 6.45) is 4.81. The van der Waals surface area contributed by atoms with Crippen molar-refractivity contribution in [1.82, 2.24) is 14.8 Å². The van der Waals surface area contributed by atoms with E-state index in [1.165, 1.54) is 0 Å². The Kier molecular flexibility index (Phi) is 4.25. The maximum atomic E-state index is 5.60. The van der Waals surface area contributed by atoms with Gasteiger partial charge in [0.15, 0.2) is 0 Å². The lowest BCUT2D eigenvalue weighted by Crippen LogP contribution is -2.04. The van der Waals surface area contributed by atoms with E-state index in [0.29, 0.717) is 11.7 Å². The molecule has 0 saturated carbocycles. The molecular weight excluding hydrogens is 244 g/mol. The molecule has 96 valence electrons. The van der Waals surface area contributed by atoms with E-state index in [1.54, 1.807) is 18.0 Å². The molecule has 0 aromatic carbocycles. The molecule has 0 saturated heterocycles. The van der Waals surface area contributed by atoms with Crippen LogP contribution in [0.4, 0.5) is 5.69 Å². The normalized spacial score (nSPS) is 12.6. The zero-order valence-corrected chi connectivity index (χ0v) is 11.5. The minimum Gasteiger partial charge on any atom is -0.397 e. The van der Waals surface area contributed by atoms with Crippen LogP contribution >= 0.6 is 11.8 Å². The third-order valence-corrected chi connectivity index (χ3v) is 3.81. The topological polar surface area (TPSA) is 56.7 Å². The number of rotatable bonds is 5. The van der Waals surface area contributed by atoms with Crippen LogP contribution in [-0.2, 0) is 5.75 Å². The predicted molar refractivity (Wildman–Crippen MR) is 75.4 cm³/mol. The molecule has 2 heterocycles. The largest absolute Gasteiger partial charge is 0.397 e. The minimum absolute atomic E-state index is 0.457. The summed E-state index contributed by atoms with van der Waals surface area (Å²) in [4.78, 5) is 4.25. The second-order valence-electron chi connectivity index (χ2n) is 4.26. The van der Waals surface area contributed by atoms with Crippen LogP contribution in [0.1, 0.15) is 32.0 Å². The Labute approximate surface area is 112 Å². The van der Waals surface area contributed by atoms with Crippen molar-refractivity contribution in [2.45, 2.75) is 37.1 Å². The van der Waals surface area contributed by atoms with E-state index in [9.17, 15) is 0 Å². The van der Waals surface area contributed by atoms with E-state index in [1.807, 2.05) is 23.0 Å². The van der Waals surface area contributed by atoms with Gasteiger partial charge in [0.1, 0.15) is 0 Å². The highest BCUT2D eigenvalue weighted by atomic mass is 32.2. The molecule has 0 fully saturated rings. The van der Waals surface area contributed by atoms with Crippen molar-refractivity contribution in [3.8, 4) is 0 Å². The van der Waals surface area contributed by atoms with Crippen molar-refractivity contribution >= 4 is 17.4 Å². The minimum atomic E-state index is 0.457. The first-order valence-electron chi connectivity index (χ1n) is 6.07. The number of thioether (sulfide) groups is 1. The van der Waals surface area contributed by atoms with Gasteiger partial charge in [-0.1, -0.05) is 18.7 Å². The van der Waals surface area contributed by atoms with Crippen LogP contribution in [0.15, 0.2) is 35.6 Å². The van der Waals surface area contributed by atoms with E-state index < -0.39 is 0 Å². The Morgan fingerprint density at radius 2 is 2.22 bits per heavy atom. The lowest BCUT2D eigenvalue weighted by atomic mass is 10.3. The predicted octanol–water partition coefficient (Wildman–Crippen LogP) is 3.12. The first kappa shape index (κ1) is 13.0. The summed E-state index contributed by atoms with van der Waals surface area (Å²) >= 11 is 1.67. The summed E-state index contributed by atoms with van der Waals surface area (Å²) in [6, 6.07) is 6.33. The van der Waals surface area contributed by atoms with Crippen LogP contribution in [-0.4, -0.2) is 14.8 Å². The fourth-order valence-electron chi connectivity index (χ4n) is 1.51. The van der Waals surface area contributed by atoms with E-state index in [4.69, 9.17) is 5.73 Å². The van der Waals surface area contributed by atoms with E-state index >= 15 is 0 Å². The van der Waals surface area contributed by atoms with Crippen molar-refractivity contribution < 1.29 is 0 Å². The van der Waals surface area contributed by atoms with Crippen molar-refractivity contribution in [2.24, 2.45) is 0 Å². The average molecular weight is 262 g/mol. The van der Waals surface area contributed by atoms with Gasteiger partial charge in [0.05, 0.1) is 22.6 Å². The summed E-state index contributed by atoms with van der Waals surface area (Å²) in [5.41, 5.74) is 7.38. The first-order chi connectivity index (χ1) is 8.69. The first-order valence-corrected chi connectivity index (χ1v) is 7.06. The fraction of sp³-hybridized carbons (Fsp3) is 0.385. The summed E-state index contributed by atoms with van der Waals surface area (Å²) in [5.74, 6) is 0.834. The molecule has 0 aliphatic rings. The van der Waals surface area contributed by atoms with Crippen LogP contribution in [0, 0.1) is 0 Å². The maximum absolute atomic E-state index is 5.60. The molecule has 0 aliphatic carbocycles. The fourth-order valence-corrected chi connectivity index (χ4v) is 2.25. The van der Waals surface area contributed by atoms with Crippen molar-refractivity contribution in [2.75, 3.05) is 5.73 Å². The number of nitrogens with zero attached hydrogens (tertiary/aromatic N) is 3. The highest BCUT2D eigenvalue weighted by Crippen LogP contribution is 2.21. The van der Waals surface area contributed by atoms with Gasteiger partial charge in [0.25, 0.3) is 0 Å². The molecule has 2 rings (SSSR count). The Balaban J connectivity index is 1.94. The van der Waals surface area contributed by atoms with Gasteiger partial charge in [0, 0.05) is 18.0 Å². The van der Waals surface area contributed by atoms with Gasteiger partial charge in [-0.05, 0) is 31.5 Å². The van der Waals surface area contributed by atoms with Gasteiger partial charge in [-0.3, -0.25) is 4.68 Å². The number of hydrogen-bond donors (Lipinski definition) is 1. The number of anilines is 1. The zero-order chi connectivity index (χ0) is 13.0. The number of nitrogens with two attached hydrogens (primary N) is 1. The van der Waals surface area contributed by atoms with Crippen LogP contribution in [0.3, 0.4) is 0 Å². The Bertz CT molecular complexity index is 492. The van der Waals surface area contributed by atoms with Crippen LogP contribution < -0.4 is 5.73 Å². The molecule has 0 spiro atoms. The molecule has 18 heavy (non-hydrogen) atoms. The van der Waals surface area contributed by atoms with Crippen LogP contribution in [0.2, 0.25) is 0 Å². The number of pyridine rings is 1. The molecule has 0 amide bonds. The standard InChI is InChI=1S/C13H18N4S/c1-3-10(2)17-7-6-12(16-17)9-18-13-5-4-11(14)8-15-13/h4-8,10H,3,9,14H2,1-2H3. The summed E-state index contributed by atoms with van der Waals surface area (Å²) < 4.78 is 2.02. The second kappa shape index (κ2) is 5.91. The summed E-state index contributed by atoms with van der Waals surface area (Å²) in [5, 5.41) is 5.53. The molecule has 1 unspecified atom stereocenters. The molecule has 0 radical (unpaired) electrons. The molecule has 5 heteroatoms. The zero-order valence-electron chi connectivity index (χ0n) is 10.7. The van der Waals surface area contributed by atoms with Gasteiger partial charge in [-0.25, -0.2) is 4.98 Å². The third kappa shape index (κ3) is 3.26. The highest BCUT2D eigenvalue weighted by Gasteiger charge is 2.05. The van der Waals surface area contributed by atoms with Gasteiger partial charge in [-0.2, -0.15) is 5.10 Å². The molecule has 2 aromatic heterocycles. The third-order valence-electron chi connectivity index (χ3n) is 2.83. The Morgan fingerprint density at radius 1 is 1.39 bits per heavy atom. The smallest absolute Gasteiger partial charge is 0.0965 e. The van der Waals surface area contributed by atoms with Gasteiger partial charge < -0.3 is 5.73 Å². The van der Waals surface area contributed by atoms with Crippen LogP contribution in [0.25, 0.3) is 0 Å². The monoisotopic (exact) mass is 262 g/mol. The van der Waals surface area contributed by atoms with Gasteiger partial charge in [0.2, 0.25) is 0 Å². The molecule has 1 atom stereocenters. The molecule has 2 aromatic rings. The van der Waals surface area contributed by atoms with Crippen LogP contribution in [0.5, 0.6) is 0 Å². The van der Waals surface area contributed by atoms with Gasteiger partial charge >= 0.3 is 0 Å². The van der Waals surface area contributed by atoms with Crippen molar-refractivity contribution in [1.29, 1.82) is 0 Å². The molecule has 2 N–H and O–H groups in total. The molecule has 0 aliphatic heterocycles. The lowest BCUT2D eigenvalue weighted by molar-refractivity contribution is 0.475. The quantitative estimate of drug-likeness (QED) is 0.841. The number of aromatic nitrogens is 3. The van der Waals surface area contributed by atoms with Gasteiger partial charge in [-0.15, -0.1) is 0 Å². The summed E-state index contributed by atoms with van der Waals surface area (Å²) in [6.45, 7) is 4.34. The highest BCUT2D eigenvalue weighted by molar-refractivity contribution is 7.98. The van der Waals surface area contributed by atoms with E-state index in [2.05, 4.69) is 30.0 Å². The Hall–Kier alpha value is -1.49. The maximum Gasteiger partial charge on any atom is 0.0965 e. The SMILES string of the molecule is CCC(C)n1ccc(CSc2ccc(N)cn2)n1. The molecule has 0 bridgehead atoms. The number of hydrogen-bond acceptors (Lipinski definition) is 4. The molecular formula is C13H18N4S. The lowest BCUT2D eigenvalue weighted by Gasteiger charge is -2.08. The average Bonchev–Trinajstić information content (AvgIpc) is 2.86. The number of nitrogen functional groups attached to an aromatic ring is 1. The molecule has 4 nitrogen and oxygen atoms in total. The second-order valence-corrected chi connectivity index (χ2v) is 5.26. The van der Waals surface area contributed by atoms with E-state index in [0.717, 1.165) is 22.9 Å². The van der Waals surface area contributed by atoms with Crippen molar-refractivity contribution in [3.63, 3.8) is 0 Å². The van der Waals surface area contributed by atoms with Crippen molar-refractivity contribution in [3.05, 3.63) is 36.3 Å². The Morgan fingerprint density at radius 3 is 2.89 bits per heavy atom. The van der Waals surface area contributed by atoms with E-state index in [-0.39, 0.29) is 0 Å². The summed E-state index contributed by atoms with van der Waals surface area (Å²) in [7, 11) is 0.